The third kappa shape index (κ3) is 2.68. The van der Waals surface area contributed by atoms with E-state index >= 15 is 0 Å². The summed E-state index contributed by atoms with van der Waals surface area (Å²) in [5.74, 6) is 0.419. The van der Waals surface area contributed by atoms with E-state index in [0.29, 0.717) is 12.5 Å². The standard InChI is InChI=1S/C13H16N2S/c1-10(8-14)12-9-15-13(16-12)7-11-5-3-2-4-6-11/h2-6,9-10H,7-8,14H2,1H3. The van der Waals surface area contributed by atoms with Gasteiger partial charge in [-0.1, -0.05) is 37.3 Å². The third-order valence-corrected chi connectivity index (χ3v) is 3.84. The Morgan fingerprint density at radius 1 is 1.31 bits per heavy atom. The summed E-state index contributed by atoms with van der Waals surface area (Å²) < 4.78 is 0. The van der Waals surface area contributed by atoms with Gasteiger partial charge in [0, 0.05) is 23.4 Å². The lowest BCUT2D eigenvalue weighted by molar-refractivity contribution is 0.787. The average Bonchev–Trinajstić information content (AvgIpc) is 2.78. The smallest absolute Gasteiger partial charge is 0.0971 e. The molecule has 2 nitrogen and oxygen atoms in total. The molecule has 2 rings (SSSR count). The molecule has 0 aliphatic carbocycles. The van der Waals surface area contributed by atoms with Gasteiger partial charge in [0.25, 0.3) is 0 Å². The Balaban J connectivity index is 2.09. The normalized spacial score (nSPS) is 12.6. The second-order valence-corrected chi connectivity index (χ2v) is 5.10. The molecular weight excluding hydrogens is 216 g/mol. The van der Waals surface area contributed by atoms with Crippen molar-refractivity contribution in [2.24, 2.45) is 5.73 Å². The minimum Gasteiger partial charge on any atom is -0.330 e. The highest BCUT2D eigenvalue weighted by molar-refractivity contribution is 7.11. The Labute approximate surface area is 100 Å². The van der Waals surface area contributed by atoms with Crippen LogP contribution in [0.3, 0.4) is 0 Å². The fraction of sp³-hybridized carbons (Fsp3) is 0.308. The highest BCUT2D eigenvalue weighted by atomic mass is 32.1. The van der Waals surface area contributed by atoms with E-state index in [1.54, 1.807) is 11.3 Å². The zero-order valence-corrected chi connectivity index (χ0v) is 10.2. The van der Waals surface area contributed by atoms with Crippen LogP contribution in [0.5, 0.6) is 0 Å². The van der Waals surface area contributed by atoms with Crippen LogP contribution in [0.2, 0.25) is 0 Å². The molecule has 0 saturated carbocycles. The van der Waals surface area contributed by atoms with E-state index in [1.807, 2.05) is 12.3 Å². The van der Waals surface area contributed by atoms with Gasteiger partial charge in [-0.2, -0.15) is 0 Å². The Bertz CT molecular complexity index is 436. The molecule has 2 N–H and O–H groups in total. The maximum Gasteiger partial charge on any atom is 0.0971 e. The topological polar surface area (TPSA) is 38.9 Å². The average molecular weight is 232 g/mol. The zero-order chi connectivity index (χ0) is 11.4. The lowest BCUT2D eigenvalue weighted by Crippen LogP contribution is -2.07. The molecule has 1 aromatic carbocycles. The molecule has 0 bridgehead atoms. The maximum absolute atomic E-state index is 5.64. The van der Waals surface area contributed by atoms with Gasteiger partial charge in [-0.25, -0.2) is 4.98 Å². The molecular formula is C13H16N2S. The van der Waals surface area contributed by atoms with E-state index in [1.165, 1.54) is 15.4 Å². The first-order chi connectivity index (χ1) is 7.79. The second-order valence-electron chi connectivity index (χ2n) is 3.96. The molecule has 0 amide bonds. The number of hydrogen-bond acceptors (Lipinski definition) is 3. The Morgan fingerprint density at radius 2 is 2.06 bits per heavy atom. The van der Waals surface area contributed by atoms with E-state index in [9.17, 15) is 0 Å². The lowest BCUT2D eigenvalue weighted by atomic mass is 10.1. The molecule has 0 spiro atoms. The number of hydrogen-bond donors (Lipinski definition) is 1. The number of aromatic nitrogens is 1. The van der Waals surface area contributed by atoms with Crippen molar-refractivity contribution < 1.29 is 0 Å². The van der Waals surface area contributed by atoms with E-state index in [2.05, 4.69) is 36.2 Å². The van der Waals surface area contributed by atoms with E-state index in [0.717, 1.165) is 6.42 Å². The molecule has 1 unspecified atom stereocenters. The highest BCUT2D eigenvalue weighted by Crippen LogP contribution is 2.23. The van der Waals surface area contributed by atoms with Crippen LogP contribution in [-0.2, 0) is 6.42 Å². The van der Waals surface area contributed by atoms with E-state index < -0.39 is 0 Å². The quantitative estimate of drug-likeness (QED) is 0.880. The van der Waals surface area contributed by atoms with Crippen molar-refractivity contribution in [3.63, 3.8) is 0 Å². The van der Waals surface area contributed by atoms with Gasteiger partial charge in [-0.3, -0.25) is 0 Å². The summed E-state index contributed by atoms with van der Waals surface area (Å²) in [6, 6.07) is 10.4. The van der Waals surface area contributed by atoms with Crippen molar-refractivity contribution in [1.29, 1.82) is 0 Å². The van der Waals surface area contributed by atoms with Gasteiger partial charge in [-0.15, -0.1) is 11.3 Å². The van der Waals surface area contributed by atoms with Gasteiger partial charge >= 0.3 is 0 Å². The van der Waals surface area contributed by atoms with Crippen molar-refractivity contribution in [3.8, 4) is 0 Å². The second kappa shape index (κ2) is 5.23. The third-order valence-electron chi connectivity index (χ3n) is 2.61. The molecule has 0 radical (unpaired) electrons. The van der Waals surface area contributed by atoms with E-state index in [4.69, 9.17) is 5.73 Å². The summed E-state index contributed by atoms with van der Waals surface area (Å²) in [6.07, 6.45) is 2.88. The highest BCUT2D eigenvalue weighted by Gasteiger charge is 2.08. The first kappa shape index (κ1) is 11.3. The van der Waals surface area contributed by atoms with Crippen LogP contribution in [0.15, 0.2) is 36.5 Å². The van der Waals surface area contributed by atoms with Crippen LogP contribution < -0.4 is 5.73 Å². The minimum absolute atomic E-state index is 0.419. The van der Waals surface area contributed by atoms with Gasteiger partial charge in [0.15, 0.2) is 0 Å². The summed E-state index contributed by atoms with van der Waals surface area (Å²) >= 11 is 1.77. The number of thiazole rings is 1. The van der Waals surface area contributed by atoms with Crippen LogP contribution in [-0.4, -0.2) is 11.5 Å². The molecule has 1 aromatic heterocycles. The predicted molar refractivity (Wildman–Crippen MR) is 68.8 cm³/mol. The molecule has 84 valence electrons. The molecule has 1 atom stereocenters. The fourth-order valence-electron chi connectivity index (χ4n) is 1.52. The SMILES string of the molecule is CC(CN)c1cnc(Cc2ccccc2)s1. The van der Waals surface area contributed by atoms with Crippen LogP contribution >= 0.6 is 11.3 Å². The summed E-state index contributed by atoms with van der Waals surface area (Å²) in [7, 11) is 0. The molecule has 0 aliphatic heterocycles. The van der Waals surface area contributed by atoms with E-state index in [-0.39, 0.29) is 0 Å². The molecule has 16 heavy (non-hydrogen) atoms. The largest absolute Gasteiger partial charge is 0.330 e. The van der Waals surface area contributed by atoms with Crippen molar-refractivity contribution in [2.45, 2.75) is 19.3 Å². The maximum atomic E-state index is 5.64. The molecule has 1 heterocycles. The van der Waals surface area contributed by atoms with Crippen LogP contribution in [0.1, 0.15) is 28.3 Å². The molecule has 0 saturated heterocycles. The summed E-state index contributed by atoms with van der Waals surface area (Å²) in [6.45, 7) is 2.83. The van der Waals surface area contributed by atoms with Gasteiger partial charge in [0.2, 0.25) is 0 Å². The monoisotopic (exact) mass is 232 g/mol. The zero-order valence-electron chi connectivity index (χ0n) is 9.39. The number of rotatable bonds is 4. The van der Waals surface area contributed by atoms with Crippen molar-refractivity contribution >= 4 is 11.3 Å². The lowest BCUT2D eigenvalue weighted by Gasteiger charge is -2.02. The molecule has 3 heteroatoms. The van der Waals surface area contributed by atoms with Crippen molar-refractivity contribution in [3.05, 3.63) is 52.0 Å². The van der Waals surface area contributed by atoms with Crippen LogP contribution in [0, 0.1) is 0 Å². The molecule has 0 aliphatic rings. The Morgan fingerprint density at radius 3 is 2.75 bits per heavy atom. The van der Waals surface area contributed by atoms with Gasteiger partial charge in [-0.05, 0) is 12.1 Å². The first-order valence-electron chi connectivity index (χ1n) is 5.48. The molecule has 2 aromatic rings. The molecule has 0 fully saturated rings. The number of benzene rings is 1. The fourth-order valence-corrected chi connectivity index (χ4v) is 2.54. The van der Waals surface area contributed by atoms with Crippen LogP contribution in [0.25, 0.3) is 0 Å². The predicted octanol–water partition coefficient (Wildman–Crippen LogP) is 2.80. The van der Waals surface area contributed by atoms with Gasteiger partial charge in [0.1, 0.15) is 0 Å². The van der Waals surface area contributed by atoms with Gasteiger partial charge < -0.3 is 5.73 Å². The van der Waals surface area contributed by atoms with Crippen molar-refractivity contribution in [2.75, 3.05) is 6.54 Å². The summed E-state index contributed by atoms with van der Waals surface area (Å²) in [5, 5.41) is 1.17. The first-order valence-corrected chi connectivity index (χ1v) is 6.30. The Hall–Kier alpha value is -1.19. The van der Waals surface area contributed by atoms with Gasteiger partial charge in [0.05, 0.1) is 5.01 Å². The minimum atomic E-state index is 0.419. The van der Waals surface area contributed by atoms with Crippen LogP contribution in [0.4, 0.5) is 0 Å². The number of nitrogens with zero attached hydrogens (tertiary/aromatic N) is 1. The van der Waals surface area contributed by atoms with Crippen molar-refractivity contribution in [1.82, 2.24) is 4.98 Å². The summed E-state index contributed by atoms with van der Waals surface area (Å²) in [4.78, 5) is 5.73. The number of nitrogens with two attached hydrogens (primary N) is 1. The summed E-state index contributed by atoms with van der Waals surface area (Å²) in [5.41, 5.74) is 6.95. The Kier molecular flexibility index (Phi) is 3.70.